The van der Waals surface area contributed by atoms with Crippen LogP contribution in [0.3, 0.4) is 0 Å². The van der Waals surface area contributed by atoms with E-state index in [1.807, 2.05) is 20.8 Å². The quantitative estimate of drug-likeness (QED) is 0.712. The molecule has 0 aromatic rings. The fraction of sp³-hybridized carbons (Fsp3) is 0.824. The first-order valence-corrected chi connectivity index (χ1v) is 9.23. The Balaban J connectivity index is 1.48. The fourth-order valence-electron chi connectivity index (χ4n) is 3.75. The monoisotopic (exact) mass is 368 g/mol. The maximum Gasteiger partial charge on any atom is 0.410 e. The number of urea groups is 1. The number of nitrogens with one attached hydrogen (secondary N) is 1. The molecule has 0 spiro atoms. The highest BCUT2D eigenvalue weighted by molar-refractivity contribution is 5.88. The molecule has 0 radical (unpaired) electrons. The molecular weight excluding hydrogens is 340 g/mol. The first-order chi connectivity index (χ1) is 12.2. The van der Waals surface area contributed by atoms with E-state index in [0.717, 1.165) is 5.06 Å². The van der Waals surface area contributed by atoms with Gasteiger partial charge in [-0.15, -0.1) is 0 Å². The van der Waals surface area contributed by atoms with Crippen molar-refractivity contribution in [3.63, 3.8) is 0 Å². The van der Waals surface area contributed by atoms with Gasteiger partial charge < -0.3 is 19.9 Å². The lowest BCUT2D eigenvalue weighted by atomic mass is 9.99. The summed E-state index contributed by atoms with van der Waals surface area (Å²) in [5, 5.41) is 13.5. The lowest BCUT2D eigenvalue weighted by molar-refractivity contribution is -0.127. The van der Waals surface area contributed by atoms with Gasteiger partial charge >= 0.3 is 12.1 Å². The lowest BCUT2D eigenvalue weighted by Gasteiger charge is -2.35. The summed E-state index contributed by atoms with van der Waals surface area (Å²) in [5.41, 5.74) is -0.524. The molecular formula is C17H28N4O5. The van der Waals surface area contributed by atoms with E-state index in [2.05, 4.69) is 5.32 Å². The van der Waals surface area contributed by atoms with E-state index in [4.69, 9.17) is 4.74 Å². The van der Waals surface area contributed by atoms with Gasteiger partial charge in [-0.05, 0) is 46.5 Å². The van der Waals surface area contributed by atoms with Crippen molar-refractivity contribution in [1.82, 2.24) is 20.2 Å². The Kier molecular flexibility index (Phi) is 5.01. The maximum atomic E-state index is 12.6. The topological polar surface area (TPSA) is 102 Å². The van der Waals surface area contributed by atoms with Gasteiger partial charge in [0.2, 0.25) is 5.91 Å². The number of nitrogens with zero attached hydrogens (tertiary/aromatic N) is 3. The predicted molar refractivity (Wildman–Crippen MR) is 91.5 cm³/mol. The third-order valence-electron chi connectivity index (χ3n) is 5.14. The summed E-state index contributed by atoms with van der Waals surface area (Å²) in [4.78, 5) is 39.8. The number of amides is 4. The van der Waals surface area contributed by atoms with Gasteiger partial charge in [-0.2, -0.15) is 0 Å². The van der Waals surface area contributed by atoms with Gasteiger partial charge in [0.15, 0.2) is 0 Å². The van der Waals surface area contributed by atoms with E-state index in [1.54, 1.807) is 4.90 Å². The van der Waals surface area contributed by atoms with Gasteiger partial charge in [0.1, 0.15) is 11.6 Å². The Hall–Kier alpha value is -2.03. The van der Waals surface area contributed by atoms with E-state index in [-0.39, 0.29) is 24.1 Å². The summed E-state index contributed by atoms with van der Waals surface area (Å²) in [7, 11) is 0. The van der Waals surface area contributed by atoms with Crippen LogP contribution < -0.4 is 5.32 Å². The Labute approximate surface area is 153 Å². The zero-order chi connectivity index (χ0) is 19.1. The van der Waals surface area contributed by atoms with Crippen molar-refractivity contribution in [2.45, 2.75) is 70.2 Å². The largest absolute Gasteiger partial charge is 0.444 e. The number of carbonyl (C=O) groups is 3. The summed E-state index contributed by atoms with van der Waals surface area (Å²) in [6.07, 6.45) is 2.15. The SMILES string of the molecule is CC(C)(C)OC(=O)N1CCC(NC(=O)C2CC[C@@H]3CN2C(=O)N3O)CC1. The molecule has 4 amide bonds. The number of fused-ring (bicyclic) bond motifs is 2. The number of likely N-dealkylation sites (tertiary alicyclic amines) is 1. The van der Waals surface area contributed by atoms with Crippen LogP contribution in [0.25, 0.3) is 0 Å². The van der Waals surface area contributed by atoms with Gasteiger partial charge in [-0.1, -0.05) is 0 Å². The number of piperidine rings is 2. The van der Waals surface area contributed by atoms with Crippen LogP contribution in [0.1, 0.15) is 46.5 Å². The molecule has 1 unspecified atom stereocenters. The van der Waals surface area contributed by atoms with Gasteiger partial charge in [0.05, 0.1) is 6.04 Å². The molecule has 146 valence electrons. The third kappa shape index (κ3) is 3.87. The van der Waals surface area contributed by atoms with E-state index in [1.165, 1.54) is 4.90 Å². The van der Waals surface area contributed by atoms with Crippen molar-refractivity contribution in [1.29, 1.82) is 0 Å². The second-order valence-corrected chi connectivity index (χ2v) is 8.28. The maximum absolute atomic E-state index is 12.6. The first kappa shape index (κ1) is 18.8. The number of hydrogen-bond acceptors (Lipinski definition) is 5. The van der Waals surface area contributed by atoms with Crippen molar-refractivity contribution in [2.24, 2.45) is 0 Å². The van der Waals surface area contributed by atoms with Crippen LogP contribution in [0.4, 0.5) is 9.59 Å². The standard InChI is InChI=1S/C17H28N4O5/c1-17(2,3)26-16(24)19-8-6-11(7-9-19)18-14(22)13-5-4-12-10-20(13)15(23)21(12)25/h11-13,25H,4-10H2,1-3H3,(H,18,22)/t12-,13?/m1/s1. The average Bonchev–Trinajstić information content (AvgIpc) is 2.78. The molecule has 0 saturated carbocycles. The van der Waals surface area contributed by atoms with Crippen LogP contribution in [-0.2, 0) is 9.53 Å². The molecule has 3 fully saturated rings. The number of hydrogen-bond donors (Lipinski definition) is 2. The van der Waals surface area contributed by atoms with Crippen molar-refractivity contribution < 1.29 is 24.3 Å². The number of ether oxygens (including phenoxy) is 1. The summed E-state index contributed by atoms with van der Waals surface area (Å²) in [6.45, 7) is 6.95. The Morgan fingerprint density at radius 1 is 1.15 bits per heavy atom. The molecule has 3 aliphatic rings. The van der Waals surface area contributed by atoms with Gasteiger partial charge in [-0.3, -0.25) is 10.0 Å². The zero-order valence-electron chi connectivity index (χ0n) is 15.6. The van der Waals surface area contributed by atoms with Gasteiger partial charge in [0.25, 0.3) is 0 Å². The zero-order valence-corrected chi connectivity index (χ0v) is 15.6. The van der Waals surface area contributed by atoms with Crippen LogP contribution in [0.15, 0.2) is 0 Å². The second-order valence-electron chi connectivity index (χ2n) is 8.28. The van der Waals surface area contributed by atoms with Crippen molar-refractivity contribution in [2.75, 3.05) is 19.6 Å². The molecule has 9 nitrogen and oxygen atoms in total. The Bertz CT molecular complexity index is 582. The molecule has 3 heterocycles. The minimum atomic E-state index is -0.528. The predicted octanol–water partition coefficient (Wildman–Crippen LogP) is 1.16. The average molecular weight is 368 g/mol. The molecule has 3 rings (SSSR count). The lowest BCUT2D eigenvalue weighted by Crippen LogP contribution is -2.54. The summed E-state index contributed by atoms with van der Waals surface area (Å²) < 4.78 is 5.37. The summed E-state index contributed by atoms with van der Waals surface area (Å²) in [5.74, 6) is -0.178. The van der Waals surface area contributed by atoms with Crippen LogP contribution in [0, 0.1) is 0 Å². The molecule has 0 aromatic heterocycles. The van der Waals surface area contributed by atoms with Crippen LogP contribution in [-0.4, -0.2) is 81.5 Å². The highest BCUT2D eigenvalue weighted by atomic mass is 16.6. The Morgan fingerprint density at radius 3 is 2.42 bits per heavy atom. The molecule has 0 aromatic carbocycles. The second kappa shape index (κ2) is 6.94. The normalized spacial score (nSPS) is 26.9. The molecule has 2 N–H and O–H groups in total. The summed E-state index contributed by atoms with van der Waals surface area (Å²) >= 11 is 0. The van der Waals surface area contributed by atoms with Crippen LogP contribution in [0.5, 0.6) is 0 Å². The van der Waals surface area contributed by atoms with Gasteiger partial charge in [0, 0.05) is 25.7 Å². The van der Waals surface area contributed by atoms with E-state index in [0.29, 0.717) is 45.3 Å². The molecule has 9 heteroatoms. The number of hydroxylamine groups is 2. The van der Waals surface area contributed by atoms with Crippen molar-refractivity contribution >= 4 is 18.0 Å². The Morgan fingerprint density at radius 2 is 1.81 bits per heavy atom. The minimum Gasteiger partial charge on any atom is -0.444 e. The highest BCUT2D eigenvalue weighted by Crippen LogP contribution is 2.28. The molecule has 0 aliphatic carbocycles. The highest BCUT2D eigenvalue weighted by Gasteiger charge is 2.47. The number of carbonyl (C=O) groups excluding carboxylic acids is 3. The van der Waals surface area contributed by atoms with Crippen LogP contribution >= 0.6 is 0 Å². The molecule has 26 heavy (non-hydrogen) atoms. The van der Waals surface area contributed by atoms with E-state index in [9.17, 15) is 19.6 Å². The molecule has 3 aliphatic heterocycles. The fourth-order valence-corrected chi connectivity index (χ4v) is 3.75. The summed E-state index contributed by atoms with van der Waals surface area (Å²) in [6, 6.07) is -1.25. The van der Waals surface area contributed by atoms with Crippen molar-refractivity contribution in [3.8, 4) is 0 Å². The van der Waals surface area contributed by atoms with E-state index < -0.39 is 17.7 Å². The third-order valence-corrected chi connectivity index (χ3v) is 5.14. The molecule has 2 bridgehead atoms. The van der Waals surface area contributed by atoms with Crippen LogP contribution in [0.2, 0.25) is 0 Å². The smallest absolute Gasteiger partial charge is 0.410 e. The number of rotatable bonds is 2. The van der Waals surface area contributed by atoms with E-state index >= 15 is 0 Å². The molecule has 2 atom stereocenters. The minimum absolute atomic E-state index is 0.0261. The van der Waals surface area contributed by atoms with Gasteiger partial charge in [-0.25, -0.2) is 14.7 Å². The van der Waals surface area contributed by atoms with Crippen molar-refractivity contribution in [3.05, 3.63) is 0 Å². The first-order valence-electron chi connectivity index (χ1n) is 9.23. The molecule has 3 saturated heterocycles.